The second-order valence-corrected chi connectivity index (χ2v) is 7.55. The summed E-state index contributed by atoms with van der Waals surface area (Å²) in [6.45, 7) is 0.856. The van der Waals surface area contributed by atoms with Gasteiger partial charge >= 0.3 is 0 Å². The summed E-state index contributed by atoms with van der Waals surface area (Å²) in [6.07, 6.45) is 3.31. The van der Waals surface area contributed by atoms with Crippen LogP contribution in [0.25, 0.3) is 0 Å². The van der Waals surface area contributed by atoms with E-state index in [0.717, 1.165) is 41.6 Å². The summed E-state index contributed by atoms with van der Waals surface area (Å²) in [5, 5.41) is 0. The molecule has 5 nitrogen and oxygen atoms in total. The Morgan fingerprint density at radius 1 is 0.933 bits per heavy atom. The zero-order valence-corrected chi connectivity index (χ0v) is 16.9. The van der Waals surface area contributed by atoms with Gasteiger partial charge in [-0.15, -0.1) is 0 Å². The second-order valence-electron chi connectivity index (χ2n) is 7.55. The van der Waals surface area contributed by atoms with Crippen LogP contribution in [0, 0.1) is 0 Å². The van der Waals surface area contributed by atoms with Crippen LogP contribution >= 0.6 is 0 Å². The van der Waals surface area contributed by atoms with Crippen molar-refractivity contribution < 1.29 is 14.4 Å². The number of hydrogen-bond donors (Lipinski definition) is 1. The number of carbonyl (C=O) groups is 1. The molecular weight excluding hydrogens is 376 g/mol. The number of ether oxygens (including phenoxy) is 1. The van der Waals surface area contributed by atoms with Crippen molar-refractivity contribution in [3.8, 4) is 5.88 Å². The molecule has 1 unspecified atom stereocenters. The molecule has 1 aliphatic carbocycles. The average molecular weight is 402 g/mol. The van der Waals surface area contributed by atoms with Crippen molar-refractivity contribution >= 4 is 5.91 Å². The minimum Gasteiger partial charge on any atom is -0.473 e. The fourth-order valence-electron chi connectivity index (χ4n) is 3.80. The summed E-state index contributed by atoms with van der Waals surface area (Å²) < 4.78 is 5.86. The number of aromatic nitrogens is 1. The van der Waals surface area contributed by atoms with Gasteiger partial charge in [0, 0.05) is 18.2 Å². The minimum atomic E-state index is -0.104. The van der Waals surface area contributed by atoms with Crippen molar-refractivity contribution in [2.24, 2.45) is 0 Å². The highest BCUT2D eigenvalue weighted by atomic mass is 16.6. The highest BCUT2D eigenvalue weighted by Gasteiger charge is 2.24. The highest BCUT2D eigenvalue weighted by Crippen LogP contribution is 2.34. The van der Waals surface area contributed by atoms with Gasteiger partial charge in [-0.05, 0) is 41.9 Å². The normalized spacial score (nSPS) is 15.3. The molecule has 1 atom stereocenters. The van der Waals surface area contributed by atoms with Gasteiger partial charge in [0.05, 0.1) is 6.61 Å². The van der Waals surface area contributed by atoms with E-state index in [1.54, 1.807) is 0 Å². The van der Waals surface area contributed by atoms with E-state index in [2.05, 4.69) is 11.5 Å². The fraction of sp³-hybridized carbons (Fsp3) is 0.280. The predicted molar refractivity (Wildman–Crippen MR) is 115 cm³/mol. The molecule has 0 bridgehead atoms. The van der Waals surface area contributed by atoms with Gasteiger partial charge < -0.3 is 4.74 Å². The maximum Gasteiger partial charge on any atom is 0.244 e. The summed E-state index contributed by atoms with van der Waals surface area (Å²) in [4.78, 5) is 22.4. The number of amides is 1. The third-order valence-corrected chi connectivity index (χ3v) is 5.32. The molecule has 1 heterocycles. The molecule has 1 N–H and O–H groups in total. The van der Waals surface area contributed by atoms with Crippen molar-refractivity contribution in [1.82, 2.24) is 10.5 Å². The monoisotopic (exact) mass is 402 g/mol. The molecular formula is C25H26N2O3. The maximum atomic E-state index is 12.4. The molecule has 2 aromatic carbocycles. The number of nitrogens with zero attached hydrogens (tertiary/aromatic N) is 1. The molecule has 1 aliphatic rings. The summed E-state index contributed by atoms with van der Waals surface area (Å²) in [7, 11) is 0. The van der Waals surface area contributed by atoms with Gasteiger partial charge in [-0.1, -0.05) is 66.7 Å². The predicted octanol–water partition coefficient (Wildman–Crippen LogP) is 4.72. The lowest BCUT2D eigenvalue weighted by Crippen LogP contribution is -2.26. The third-order valence-electron chi connectivity index (χ3n) is 5.32. The molecule has 0 fully saturated rings. The Labute approximate surface area is 177 Å². The van der Waals surface area contributed by atoms with Crippen molar-refractivity contribution in [1.29, 1.82) is 0 Å². The van der Waals surface area contributed by atoms with Gasteiger partial charge in [0.15, 0.2) is 0 Å². The van der Waals surface area contributed by atoms with Crippen molar-refractivity contribution in [3.05, 3.63) is 95.2 Å². The first kappa shape index (κ1) is 20.1. The maximum absolute atomic E-state index is 12.4. The van der Waals surface area contributed by atoms with Crippen LogP contribution in [-0.2, 0) is 29.3 Å². The van der Waals surface area contributed by atoms with Gasteiger partial charge in [-0.25, -0.2) is 10.5 Å². The molecule has 154 valence electrons. The molecule has 30 heavy (non-hydrogen) atoms. The summed E-state index contributed by atoms with van der Waals surface area (Å²) >= 11 is 0. The lowest BCUT2D eigenvalue weighted by molar-refractivity contribution is -0.135. The molecule has 0 aliphatic heterocycles. The van der Waals surface area contributed by atoms with E-state index in [9.17, 15) is 4.79 Å². The standard InChI is InChI=1S/C25H26N2O3/c28-24(27-30-18-20-10-5-2-6-11-20)16-21-12-7-13-23-22(21)14-15-25(26-23)29-17-19-8-3-1-4-9-19/h1-6,8-11,14-15,21H,7,12-13,16-18H2,(H,27,28). The first-order chi connectivity index (χ1) is 14.8. The number of hydroxylamine groups is 1. The van der Waals surface area contributed by atoms with Crippen LogP contribution in [0.1, 0.15) is 47.6 Å². The Balaban J connectivity index is 1.31. The van der Waals surface area contributed by atoms with E-state index < -0.39 is 0 Å². The quantitative estimate of drug-likeness (QED) is 0.554. The zero-order valence-electron chi connectivity index (χ0n) is 16.9. The van der Waals surface area contributed by atoms with Crippen molar-refractivity contribution in [3.63, 3.8) is 0 Å². The van der Waals surface area contributed by atoms with Crippen molar-refractivity contribution in [2.75, 3.05) is 0 Å². The number of nitrogens with one attached hydrogen (secondary N) is 1. The van der Waals surface area contributed by atoms with Crippen LogP contribution in [0.5, 0.6) is 5.88 Å². The molecule has 0 spiro atoms. The molecule has 1 aromatic heterocycles. The Bertz CT molecular complexity index is 961. The van der Waals surface area contributed by atoms with E-state index in [1.807, 2.05) is 66.7 Å². The van der Waals surface area contributed by atoms with Gasteiger partial charge in [-0.2, -0.15) is 0 Å². The number of benzene rings is 2. The average Bonchev–Trinajstić information content (AvgIpc) is 2.79. The smallest absolute Gasteiger partial charge is 0.244 e. The summed E-state index contributed by atoms with van der Waals surface area (Å²) in [5.74, 6) is 0.687. The number of aryl methyl sites for hydroxylation is 1. The molecule has 0 saturated carbocycles. The van der Waals surface area contributed by atoms with Crippen LogP contribution in [0.4, 0.5) is 0 Å². The highest BCUT2D eigenvalue weighted by molar-refractivity contribution is 5.75. The van der Waals surface area contributed by atoms with E-state index in [4.69, 9.17) is 14.6 Å². The SMILES string of the molecule is O=C(CC1CCCc2nc(OCc3ccccc3)ccc21)NOCc1ccccc1. The second kappa shape index (κ2) is 10.0. The Hall–Kier alpha value is -3.18. The zero-order chi connectivity index (χ0) is 20.6. The van der Waals surface area contributed by atoms with E-state index >= 15 is 0 Å². The van der Waals surface area contributed by atoms with Crippen LogP contribution in [0.3, 0.4) is 0 Å². The van der Waals surface area contributed by atoms with Crippen LogP contribution in [-0.4, -0.2) is 10.9 Å². The molecule has 0 saturated heterocycles. The van der Waals surface area contributed by atoms with Crippen LogP contribution in [0.15, 0.2) is 72.8 Å². The third kappa shape index (κ3) is 5.45. The molecule has 1 amide bonds. The van der Waals surface area contributed by atoms with Gasteiger partial charge in [0.2, 0.25) is 11.8 Å². The Morgan fingerprint density at radius 3 is 2.37 bits per heavy atom. The Morgan fingerprint density at radius 2 is 1.63 bits per heavy atom. The lowest BCUT2D eigenvalue weighted by Gasteiger charge is -2.24. The van der Waals surface area contributed by atoms with Crippen molar-refractivity contribution in [2.45, 2.75) is 44.8 Å². The molecule has 3 aromatic rings. The number of carbonyl (C=O) groups excluding carboxylic acids is 1. The number of rotatable bonds is 8. The molecule has 4 rings (SSSR count). The minimum absolute atomic E-state index is 0.104. The lowest BCUT2D eigenvalue weighted by atomic mass is 9.83. The number of fused-ring (bicyclic) bond motifs is 1. The Kier molecular flexibility index (Phi) is 6.72. The van der Waals surface area contributed by atoms with E-state index in [-0.39, 0.29) is 11.8 Å². The summed E-state index contributed by atoms with van der Waals surface area (Å²) in [5.41, 5.74) is 6.89. The largest absolute Gasteiger partial charge is 0.473 e. The summed E-state index contributed by atoms with van der Waals surface area (Å²) in [6, 6.07) is 23.8. The molecule has 5 heteroatoms. The van der Waals surface area contributed by atoms with E-state index in [1.165, 1.54) is 0 Å². The van der Waals surface area contributed by atoms with Crippen LogP contribution < -0.4 is 10.2 Å². The number of hydrogen-bond acceptors (Lipinski definition) is 4. The molecule has 0 radical (unpaired) electrons. The van der Waals surface area contributed by atoms with Gasteiger partial charge in [-0.3, -0.25) is 9.63 Å². The van der Waals surface area contributed by atoms with E-state index in [0.29, 0.717) is 25.5 Å². The first-order valence-corrected chi connectivity index (χ1v) is 10.4. The fourth-order valence-corrected chi connectivity index (χ4v) is 3.80. The van der Waals surface area contributed by atoms with Gasteiger partial charge in [0.25, 0.3) is 0 Å². The first-order valence-electron chi connectivity index (χ1n) is 10.4. The topological polar surface area (TPSA) is 60.5 Å². The number of pyridine rings is 1. The van der Waals surface area contributed by atoms with Gasteiger partial charge in [0.1, 0.15) is 6.61 Å². The van der Waals surface area contributed by atoms with Crippen LogP contribution in [0.2, 0.25) is 0 Å².